The molecule has 2 aromatic heterocycles. The van der Waals surface area contributed by atoms with Crippen molar-refractivity contribution in [3.8, 4) is 0 Å². The molecule has 2 heterocycles. The molecule has 0 aliphatic heterocycles. The van der Waals surface area contributed by atoms with Gasteiger partial charge in [-0.1, -0.05) is 18.2 Å². The number of aromatic nitrogens is 1. The SMILES string of the molecule is OC(Cc1csc2ccccc12)c1ncccc1Br. The van der Waals surface area contributed by atoms with Crippen LogP contribution in [0.15, 0.2) is 52.4 Å². The molecule has 0 radical (unpaired) electrons. The second kappa shape index (κ2) is 5.41. The first-order valence-electron chi connectivity index (χ1n) is 5.99. The molecule has 4 heteroatoms. The maximum Gasteiger partial charge on any atom is 0.101 e. The molecule has 96 valence electrons. The molecule has 0 saturated carbocycles. The Balaban J connectivity index is 1.91. The van der Waals surface area contributed by atoms with Gasteiger partial charge in [-0.25, -0.2) is 0 Å². The summed E-state index contributed by atoms with van der Waals surface area (Å²) in [6.45, 7) is 0. The van der Waals surface area contributed by atoms with E-state index in [1.807, 2.05) is 24.3 Å². The van der Waals surface area contributed by atoms with E-state index in [4.69, 9.17) is 0 Å². The maximum absolute atomic E-state index is 10.3. The summed E-state index contributed by atoms with van der Waals surface area (Å²) in [7, 11) is 0. The van der Waals surface area contributed by atoms with Crippen LogP contribution in [0, 0.1) is 0 Å². The number of hydrogen-bond donors (Lipinski definition) is 1. The Labute approximate surface area is 123 Å². The average molecular weight is 334 g/mol. The Morgan fingerprint density at radius 1 is 1.21 bits per heavy atom. The van der Waals surface area contributed by atoms with Crippen molar-refractivity contribution in [2.75, 3.05) is 0 Å². The summed E-state index contributed by atoms with van der Waals surface area (Å²) < 4.78 is 2.10. The maximum atomic E-state index is 10.3. The van der Waals surface area contributed by atoms with E-state index in [9.17, 15) is 5.11 Å². The van der Waals surface area contributed by atoms with Gasteiger partial charge in [0.2, 0.25) is 0 Å². The Morgan fingerprint density at radius 3 is 2.89 bits per heavy atom. The van der Waals surface area contributed by atoms with Gasteiger partial charge in [0.15, 0.2) is 0 Å². The molecule has 0 bridgehead atoms. The number of hydrogen-bond acceptors (Lipinski definition) is 3. The minimum Gasteiger partial charge on any atom is -0.386 e. The summed E-state index contributed by atoms with van der Waals surface area (Å²) >= 11 is 5.14. The Kier molecular flexibility index (Phi) is 3.64. The van der Waals surface area contributed by atoms with Crippen LogP contribution in [0.2, 0.25) is 0 Å². The van der Waals surface area contributed by atoms with Crippen molar-refractivity contribution in [3.63, 3.8) is 0 Å². The highest BCUT2D eigenvalue weighted by molar-refractivity contribution is 9.10. The molecule has 2 nitrogen and oxygen atoms in total. The van der Waals surface area contributed by atoms with Gasteiger partial charge in [0.1, 0.15) is 6.10 Å². The lowest BCUT2D eigenvalue weighted by molar-refractivity contribution is 0.173. The lowest BCUT2D eigenvalue weighted by Crippen LogP contribution is -2.04. The van der Waals surface area contributed by atoms with E-state index in [2.05, 4.69) is 38.4 Å². The molecule has 3 aromatic rings. The number of aliphatic hydroxyl groups is 1. The molecule has 1 atom stereocenters. The third-order valence-corrected chi connectivity index (χ3v) is 4.76. The molecular weight excluding hydrogens is 322 g/mol. The number of aliphatic hydroxyl groups excluding tert-OH is 1. The van der Waals surface area contributed by atoms with Crippen molar-refractivity contribution in [2.24, 2.45) is 0 Å². The first kappa shape index (κ1) is 12.8. The van der Waals surface area contributed by atoms with Crippen molar-refractivity contribution < 1.29 is 5.11 Å². The molecule has 0 spiro atoms. The van der Waals surface area contributed by atoms with E-state index in [0.29, 0.717) is 12.1 Å². The molecule has 3 rings (SSSR count). The number of benzene rings is 1. The largest absolute Gasteiger partial charge is 0.386 e. The van der Waals surface area contributed by atoms with Gasteiger partial charge in [-0.3, -0.25) is 4.98 Å². The van der Waals surface area contributed by atoms with Crippen LogP contribution in [-0.4, -0.2) is 10.1 Å². The van der Waals surface area contributed by atoms with Crippen molar-refractivity contribution in [2.45, 2.75) is 12.5 Å². The van der Waals surface area contributed by atoms with Crippen LogP contribution < -0.4 is 0 Å². The smallest absolute Gasteiger partial charge is 0.101 e. The predicted molar refractivity (Wildman–Crippen MR) is 82.4 cm³/mol. The van der Waals surface area contributed by atoms with Gasteiger partial charge in [0, 0.05) is 21.8 Å². The van der Waals surface area contributed by atoms with Crippen LogP contribution in [0.5, 0.6) is 0 Å². The van der Waals surface area contributed by atoms with Gasteiger partial charge in [-0.05, 0) is 50.5 Å². The van der Waals surface area contributed by atoms with E-state index in [0.717, 1.165) is 4.47 Å². The number of thiophene rings is 1. The van der Waals surface area contributed by atoms with E-state index < -0.39 is 6.10 Å². The van der Waals surface area contributed by atoms with E-state index >= 15 is 0 Å². The highest BCUT2D eigenvalue weighted by Gasteiger charge is 2.15. The molecule has 19 heavy (non-hydrogen) atoms. The van der Waals surface area contributed by atoms with Gasteiger partial charge < -0.3 is 5.11 Å². The Bertz CT molecular complexity index is 710. The molecule has 0 aliphatic carbocycles. The monoisotopic (exact) mass is 333 g/mol. The zero-order valence-corrected chi connectivity index (χ0v) is 12.5. The van der Waals surface area contributed by atoms with Crippen LogP contribution in [0.1, 0.15) is 17.4 Å². The van der Waals surface area contributed by atoms with Gasteiger partial charge in [0.05, 0.1) is 5.69 Å². The summed E-state index contributed by atoms with van der Waals surface area (Å²) in [4.78, 5) is 4.25. The van der Waals surface area contributed by atoms with Gasteiger partial charge in [-0.15, -0.1) is 11.3 Å². The van der Waals surface area contributed by atoms with Crippen molar-refractivity contribution >= 4 is 37.4 Å². The molecule has 1 aromatic carbocycles. The summed E-state index contributed by atoms with van der Waals surface area (Å²) in [5.74, 6) is 0. The number of fused-ring (bicyclic) bond motifs is 1. The van der Waals surface area contributed by atoms with E-state index in [-0.39, 0.29) is 0 Å². The van der Waals surface area contributed by atoms with Crippen LogP contribution >= 0.6 is 27.3 Å². The Hall–Kier alpha value is -1.23. The van der Waals surface area contributed by atoms with Gasteiger partial charge in [0.25, 0.3) is 0 Å². The predicted octanol–water partition coefficient (Wildman–Crippen LogP) is 4.33. The second-order valence-electron chi connectivity index (χ2n) is 4.35. The van der Waals surface area contributed by atoms with Gasteiger partial charge >= 0.3 is 0 Å². The topological polar surface area (TPSA) is 33.1 Å². The molecule has 0 aliphatic rings. The lowest BCUT2D eigenvalue weighted by atomic mass is 10.0. The lowest BCUT2D eigenvalue weighted by Gasteiger charge is -2.11. The summed E-state index contributed by atoms with van der Waals surface area (Å²) in [6.07, 6.45) is 1.70. The average Bonchev–Trinajstić information content (AvgIpc) is 2.83. The summed E-state index contributed by atoms with van der Waals surface area (Å²) in [6, 6.07) is 12.0. The van der Waals surface area contributed by atoms with Crippen LogP contribution in [0.4, 0.5) is 0 Å². The van der Waals surface area contributed by atoms with Crippen molar-refractivity contribution in [3.05, 3.63) is 63.7 Å². The number of rotatable bonds is 3. The van der Waals surface area contributed by atoms with E-state index in [1.165, 1.54) is 15.6 Å². The first-order valence-corrected chi connectivity index (χ1v) is 7.66. The third-order valence-electron chi connectivity index (χ3n) is 3.08. The minimum atomic E-state index is -0.589. The fourth-order valence-electron chi connectivity index (χ4n) is 2.14. The molecular formula is C15H12BrNOS. The molecule has 0 fully saturated rings. The number of nitrogens with zero attached hydrogens (tertiary/aromatic N) is 1. The minimum absolute atomic E-state index is 0.583. The van der Waals surface area contributed by atoms with Crippen LogP contribution in [-0.2, 0) is 6.42 Å². The van der Waals surface area contributed by atoms with Crippen molar-refractivity contribution in [1.29, 1.82) is 0 Å². The Morgan fingerprint density at radius 2 is 2.05 bits per heavy atom. The highest BCUT2D eigenvalue weighted by Crippen LogP contribution is 2.30. The van der Waals surface area contributed by atoms with E-state index in [1.54, 1.807) is 17.5 Å². The highest BCUT2D eigenvalue weighted by atomic mass is 79.9. The molecule has 0 amide bonds. The zero-order valence-electron chi connectivity index (χ0n) is 10.1. The second-order valence-corrected chi connectivity index (χ2v) is 6.11. The zero-order chi connectivity index (χ0) is 13.2. The van der Waals surface area contributed by atoms with Crippen LogP contribution in [0.3, 0.4) is 0 Å². The standard InChI is InChI=1S/C15H12BrNOS/c16-12-5-3-7-17-15(12)13(18)8-10-9-19-14-6-2-1-4-11(10)14/h1-7,9,13,18H,8H2. The summed E-state index contributed by atoms with van der Waals surface area (Å²) in [5, 5.41) is 13.7. The fraction of sp³-hybridized carbons (Fsp3) is 0.133. The normalized spacial score (nSPS) is 12.7. The summed E-state index contributed by atoms with van der Waals surface area (Å²) in [5.41, 5.74) is 1.86. The number of halogens is 1. The molecule has 0 saturated heterocycles. The first-order chi connectivity index (χ1) is 9.25. The molecule has 1 unspecified atom stereocenters. The fourth-order valence-corrected chi connectivity index (χ4v) is 3.63. The molecule has 1 N–H and O–H groups in total. The van der Waals surface area contributed by atoms with Crippen molar-refractivity contribution in [1.82, 2.24) is 4.98 Å². The van der Waals surface area contributed by atoms with Gasteiger partial charge in [-0.2, -0.15) is 0 Å². The van der Waals surface area contributed by atoms with Crippen LogP contribution in [0.25, 0.3) is 10.1 Å². The number of pyridine rings is 1. The third kappa shape index (κ3) is 2.56. The quantitative estimate of drug-likeness (QED) is 0.773.